The minimum absolute atomic E-state index is 0.0661. The van der Waals surface area contributed by atoms with E-state index in [0.29, 0.717) is 25.1 Å². The van der Waals surface area contributed by atoms with E-state index in [-0.39, 0.29) is 24.6 Å². The zero-order chi connectivity index (χ0) is 17.2. The van der Waals surface area contributed by atoms with Crippen molar-refractivity contribution >= 4 is 5.91 Å². The Kier molecular flexibility index (Phi) is 4.80. The number of amides is 1. The molecule has 2 heterocycles. The van der Waals surface area contributed by atoms with Gasteiger partial charge in [-0.2, -0.15) is 13.2 Å². The van der Waals surface area contributed by atoms with Crippen molar-refractivity contribution in [3.05, 3.63) is 47.2 Å². The van der Waals surface area contributed by atoms with Crippen LogP contribution < -0.4 is 0 Å². The van der Waals surface area contributed by atoms with Crippen LogP contribution in [0.5, 0.6) is 0 Å². The Balaban J connectivity index is 1.79. The first-order valence-corrected chi connectivity index (χ1v) is 7.84. The summed E-state index contributed by atoms with van der Waals surface area (Å²) in [4.78, 5) is 14.1. The van der Waals surface area contributed by atoms with Gasteiger partial charge in [0.15, 0.2) is 0 Å². The molecule has 1 amide bonds. The van der Waals surface area contributed by atoms with E-state index in [1.807, 2.05) is 0 Å². The Morgan fingerprint density at radius 3 is 2.71 bits per heavy atom. The van der Waals surface area contributed by atoms with Gasteiger partial charge in [-0.3, -0.25) is 4.79 Å². The summed E-state index contributed by atoms with van der Waals surface area (Å²) in [6.07, 6.45) is -2.39. The summed E-state index contributed by atoms with van der Waals surface area (Å²) < 4.78 is 50.3. The molecule has 0 bridgehead atoms. The third kappa shape index (κ3) is 3.56. The fraction of sp³-hybridized carbons (Fsp3) is 0.471. The van der Waals surface area contributed by atoms with E-state index in [2.05, 4.69) is 0 Å². The van der Waals surface area contributed by atoms with E-state index in [1.165, 1.54) is 18.4 Å². The molecular formula is C17H18F3NO3. The molecule has 3 rings (SSSR count). The maximum atomic E-state index is 13.2. The van der Waals surface area contributed by atoms with Crippen molar-refractivity contribution < 1.29 is 27.4 Å². The van der Waals surface area contributed by atoms with E-state index in [9.17, 15) is 18.0 Å². The molecule has 2 aliphatic rings. The van der Waals surface area contributed by atoms with Crippen LogP contribution in [0.25, 0.3) is 0 Å². The predicted molar refractivity (Wildman–Crippen MR) is 80.0 cm³/mol. The molecule has 1 aromatic carbocycles. The predicted octanol–water partition coefficient (Wildman–Crippen LogP) is 3.30. The largest absolute Gasteiger partial charge is 0.501 e. The van der Waals surface area contributed by atoms with Crippen molar-refractivity contribution in [3.63, 3.8) is 0 Å². The molecular weight excluding hydrogens is 323 g/mol. The molecule has 7 heteroatoms. The van der Waals surface area contributed by atoms with Crippen LogP contribution >= 0.6 is 0 Å². The second kappa shape index (κ2) is 6.84. The smallest absolute Gasteiger partial charge is 0.416 e. The molecule has 24 heavy (non-hydrogen) atoms. The summed E-state index contributed by atoms with van der Waals surface area (Å²) in [6.45, 7) is 1.25. The first-order chi connectivity index (χ1) is 11.5. The molecule has 1 atom stereocenters. The number of alkyl halides is 3. The summed E-state index contributed by atoms with van der Waals surface area (Å²) in [5.74, 6) is -0.188. The molecule has 1 fully saturated rings. The number of hydrogen-bond donors (Lipinski definition) is 0. The molecule has 0 unspecified atom stereocenters. The number of nitrogens with zero attached hydrogens (tertiary/aromatic N) is 1. The monoisotopic (exact) mass is 341 g/mol. The van der Waals surface area contributed by atoms with Crippen molar-refractivity contribution in [3.8, 4) is 0 Å². The number of halogens is 3. The highest BCUT2D eigenvalue weighted by atomic mass is 19.4. The molecule has 2 aliphatic heterocycles. The van der Waals surface area contributed by atoms with Gasteiger partial charge in [-0.1, -0.05) is 18.2 Å². The quantitative estimate of drug-likeness (QED) is 0.828. The van der Waals surface area contributed by atoms with Crippen molar-refractivity contribution in [1.82, 2.24) is 4.90 Å². The van der Waals surface area contributed by atoms with Crippen LogP contribution in [0.15, 0.2) is 36.1 Å². The van der Waals surface area contributed by atoms with Gasteiger partial charge in [0.1, 0.15) is 6.10 Å². The van der Waals surface area contributed by atoms with Gasteiger partial charge in [-0.15, -0.1) is 0 Å². The fourth-order valence-electron chi connectivity index (χ4n) is 2.98. The lowest BCUT2D eigenvalue weighted by atomic mass is 10.00. The summed E-state index contributed by atoms with van der Waals surface area (Å²) in [7, 11) is 0. The van der Waals surface area contributed by atoms with Gasteiger partial charge >= 0.3 is 6.18 Å². The molecule has 0 aliphatic carbocycles. The highest BCUT2D eigenvalue weighted by Crippen LogP contribution is 2.36. The Morgan fingerprint density at radius 1 is 1.21 bits per heavy atom. The van der Waals surface area contributed by atoms with Crippen molar-refractivity contribution in [2.24, 2.45) is 0 Å². The van der Waals surface area contributed by atoms with E-state index in [0.717, 1.165) is 12.5 Å². The number of carbonyl (C=O) groups excluding carboxylic acids is 1. The van der Waals surface area contributed by atoms with Gasteiger partial charge < -0.3 is 14.4 Å². The third-order valence-electron chi connectivity index (χ3n) is 4.18. The maximum Gasteiger partial charge on any atom is 0.416 e. The first kappa shape index (κ1) is 16.8. The summed E-state index contributed by atoms with van der Waals surface area (Å²) in [5, 5.41) is 0. The molecule has 0 N–H and O–H groups in total. The molecule has 0 saturated carbocycles. The molecule has 0 spiro atoms. The van der Waals surface area contributed by atoms with Gasteiger partial charge in [0.2, 0.25) is 0 Å². The second-order valence-corrected chi connectivity index (χ2v) is 5.81. The minimum Gasteiger partial charge on any atom is -0.501 e. The van der Waals surface area contributed by atoms with E-state index < -0.39 is 17.8 Å². The molecule has 0 radical (unpaired) electrons. The number of hydrogen-bond acceptors (Lipinski definition) is 3. The molecule has 1 aromatic rings. The van der Waals surface area contributed by atoms with E-state index in [4.69, 9.17) is 9.47 Å². The SMILES string of the molecule is O=C(C1=COCCC1)N1CCO[C@H](c2ccccc2C(F)(F)F)C1. The zero-order valence-electron chi connectivity index (χ0n) is 13.0. The molecule has 1 saturated heterocycles. The Morgan fingerprint density at radius 2 is 2.00 bits per heavy atom. The topological polar surface area (TPSA) is 38.8 Å². The van der Waals surface area contributed by atoms with Crippen LogP contribution in [0.2, 0.25) is 0 Å². The molecule has 4 nitrogen and oxygen atoms in total. The number of morpholine rings is 1. The van der Waals surface area contributed by atoms with Crippen molar-refractivity contribution in [2.75, 3.05) is 26.3 Å². The standard InChI is InChI=1S/C17H18F3NO3/c18-17(19,20)14-6-2-1-5-13(14)15-10-21(7-9-24-15)16(22)12-4-3-8-23-11-12/h1-2,5-6,11,15H,3-4,7-10H2/t15-/m0/s1. The number of benzene rings is 1. The summed E-state index contributed by atoms with van der Waals surface area (Å²) in [5.41, 5.74) is -0.0908. The van der Waals surface area contributed by atoms with Crippen LogP contribution in [0.1, 0.15) is 30.1 Å². The zero-order valence-corrected chi connectivity index (χ0v) is 13.0. The lowest BCUT2D eigenvalue weighted by Crippen LogP contribution is -2.43. The maximum absolute atomic E-state index is 13.2. The number of rotatable bonds is 2. The first-order valence-electron chi connectivity index (χ1n) is 7.84. The van der Waals surface area contributed by atoms with Crippen molar-refractivity contribution in [1.29, 1.82) is 0 Å². The second-order valence-electron chi connectivity index (χ2n) is 5.81. The summed E-state index contributed by atoms with van der Waals surface area (Å²) >= 11 is 0. The lowest BCUT2D eigenvalue weighted by Gasteiger charge is -2.35. The lowest BCUT2D eigenvalue weighted by molar-refractivity contribution is -0.142. The average Bonchev–Trinajstić information content (AvgIpc) is 2.61. The summed E-state index contributed by atoms with van der Waals surface area (Å²) in [6, 6.07) is 5.34. The van der Waals surface area contributed by atoms with E-state index >= 15 is 0 Å². The molecule has 0 aromatic heterocycles. The fourth-order valence-corrected chi connectivity index (χ4v) is 2.98. The van der Waals surface area contributed by atoms with Gasteiger partial charge in [0.25, 0.3) is 5.91 Å². The highest BCUT2D eigenvalue weighted by molar-refractivity contribution is 5.93. The number of carbonyl (C=O) groups is 1. The van der Waals surface area contributed by atoms with Gasteiger partial charge in [0.05, 0.1) is 37.2 Å². The Labute approximate surface area is 137 Å². The van der Waals surface area contributed by atoms with Crippen LogP contribution in [0, 0.1) is 0 Å². The van der Waals surface area contributed by atoms with Gasteiger partial charge in [-0.05, 0) is 24.5 Å². The van der Waals surface area contributed by atoms with E-state index in [1.54, 1.807) is 11.0 Å². The van der Waals surface area contributed by atoms with Crippen LogP contribution in [0.4, 0.5) is 13.2 Å². The van der Waals surface area contributed by atoms with Crippen LogP contribution in [-0.2, 0) is 20.4 Å². The highest BCUT2D eigenvalue weighted by Gasteiger charge is 2.37. The molecule has 130 valence electrons. The van der Waals surface area contributed by atoms with Gasteiger partial charge in [-0.25, -0.2) is 0 Å². The van der Waals surface area contributed by atoms with Gasteiger partial charge in [0, 0.05) is 6.54 Å². The normalized spacial score (nSPS) is 21.9. The Bertz CT molecular complexity index is 642. The van der Waals surface area contributed by atoms with Crippen LogP contribution in [0.3, 0.4) is 0 Å². The Hall–Kier alpha value is -2.02. The minimum atomic E-state index is -4.45. The average molecular weight is 341 g/mol. The van der Waals surface area contributed by atoms with Crippen LogP contribution in [-0.4, -0.2) is 37.1 Å². The third-order valence-corrected chi connectivity index (χ3v) is 4.18. The number of ether oxygens (including phenoxy) is 2. The van der Waals surface area contributed by atoms with Crippen molar-refractivity contribution in [2.45, 2.75) is 25.1 Å².